The SMILES string of the molecule is Cc1cc(NC(=O)NC(=O)c2ccccc2F)c(C)c(C)c1Oc1ccc(Cl)cc1Cl. The summed E-state index contributed by atoms with van der Waals surface area (Å²) in [4.78, 5) is 24.5. The highest BCUT2D eigenvalue weighted by Crippen LogP contribution is 2.38. The van der Waals surface area contributed by atoms with E-state index in [0.29, 0.717) is 27.2 Å². The van der Waals surface area contributed by atoms with Crippen LogP contribution in [0.1, 0.15) is 27.0 Å². The second kappa shape index (κ2) is 9.37. The summed E-state index contributed by atoms with van der Waals surface area (Å²) in [5.74, 6) is -0.502. The lowest BCUT2D eigenvalue weighted by molar-refractivity contribution is 0.0963. The molecule has 0 heterocycles. The van der Waals surface area contributed by atoms with Gasteiger partial charge in [0.05, 0.1) is 10.6 Å². The van der Waals surface area contributed by atoms with Crippen LogP contribution in [0.4, 0.5) is 14.9 Å². The van der Waals surface area contributed by atoms with Crippen LogP contribution in [0.25, 0.3) is 0 Å². The molecule has 160 valence electrons. The number of nitrogens with one attached hydrogen (secondary N) is 2. The first kappa shape index (κ1) is 22.6. The van der Waals surface area contributed by atoms with E-state index < -0.39 is 17.8 Å². The van der Waals surface area contributed by atoms with Gasteiger partial charge in [-0.3, -0.25) is 10.1 Å². The molecule has 3 aromatic carbocycles. The third kappa shape index (κ3) is 5.16. The van der Waals surface area contributed by atoms with Crippen molar-refractivity contribution in [1.29, 1.82) is 0 Å². The Balaban J connectivity index is 1.79. The number of rotatable bonds is 4. The zero-order chi connectivity index (χ0) is 22.7. The van der Waals surface area contributed by atoms with Gasteiger partial charge in [-0.15, -0.1) is 0 Å². The van der Waals surface area contributed by atoms with Crippen LogP contribution in [0.15, 0.2) is 48.5 Å². The number of urea groups is 1. The van der Waals surface area contributed by atoms with E-state index in [1.807, 2.05) is 13.8 Å². The average molecular weight is 461 g/mol. The van der Waals surface area contributed by atoms with E-state index in [2.05, 4.69) is 10.6 Å². The number of halogens is 3. The van der Waals surface area contributed by atoms with Crippen LogP contribution < -0.4 is 15.4 Å². The van der Waals surface area contributed by atoms with Gasteiger partial charge in [0.2, 0.25) is 0 Å². The summed E-state index contributed by atoms with van der Waals surface area (Å²) in [5.41, 5.74) is 2.53. The number of anilines is 1. The maximum Gasteiger partial charge on any atom is 0.326 e. The Morgan fingerprint density at radius 1 is 0.968 bits per heavy atom. The van der Waals surface area contributed by atoms with Gasteiger partial charge < -0.3 is 10.1 Å². The number of aryl methyl sites for hydroxylation is 1. The first-order valence-electron chi connectivity index (χ1n) is 9.28. The van der Waals surface area contributed by atoms with Crippen molar-refractivity contribution in [1.82, 2.24) is 5.32 Å². The van der Waals surface area contributed by atoms with Crippen LogP contribution in [0.3, 0.4) is 0 Å². The fourth-order valence-electron chi connectivity index (χ4n) is 2.98. The molecule has 0 atom stereocenters. The van der Waals surface area contributed by atoms with E-state index in [1.165, 1.54) is 18.2 Å². The number of hydrogen-bond donors (Lipinski definition) is 2. The predicted octanol–water partition coefficient (Wildman–Crippen LogP) is 6.81. The number of carbonyl (C=O) groups is 2. The summed E-state index contributed by atoms with van der Waals surface area (Å²) in [5, 5.41) is 5.63. The minimum Gasteiger partial charge on any atom is -0.455 e. The lowest BCUT2D eigenvalue weighted by atomic mass is 10.0. The van der Waals surface area contributed by atoms with Gasteiger partial charge in [-0.25, -0.2) is 9.18 Å². The molecule has 0 bridgehead atoms. The number of benzene rings is 3. The van der Waals surface area contributed by atoms with Crippen molar-refractivity contribution < 1.29 is 18.7 Å². The van der Waals surface area contributed by atoms with E-state index in [9.17, 15) is 14.0 Å². The van der Waals surface area contributed by atoms with Crippen molar-refractivity contribution in [2.45, 2.75) is 20.8 Å². The number of imide groups is 1. The summed E-state index contributed by atoms with van der Waals surface area (Å²) >= 11 is 12.1. The molecule has 0 aromatic heterocycles. The molecule has 2 N–H and O–H groups in total. The van der Waals surface area contributed by atoms with Gasteiger partial charge in [0.15, 0.2) is 0 Å². The predicted molar refractivity (Wildman–Crippen MR) is 120 cm³/mol. The monoisotopic (exact) mass is 460 g/mol. The van der Waals surface area contributed by atoms with Crippen LogP contribution in [-0.4, -0.2) is 11.9 Å². The van der Waals surface area contributed by atoms with Gasteiger partial charge in [0, 0.05) is 10.7 Å². The molecular weight excluding hydrogens is 442 g/mol. The lowest BCUT2D eigenvalue weighted by Crippen LogP contribution is -2.35. The minimum atomic E-state index is -0.834. The van der Waals surface area contributed by atoms with E-state index in [0.717, 1.165) is 22.8 Å². The molecule has 0 radical (unpaired) electrons. The Morgan fingerprint density at radius 2 is 1.68 bits per heavy atom. The van der Waals surface area contributed by atoms with Crippen molar-refractivity contribution in [3.8, 4) is 11.5 Å². The van der Waals surface area contributed by atoms with Gasteiger partial charge in [-0.2, -0.15) is 0 Å². The molecule has 0 spiro atoms. The van der Waals surface area contributed by atoms with Crippen LogP contribution >= 0.6 is 23.2 Å². The van der Waals surface area contributed by atoms with Gasteiger partial charge in [0.25, 0.3) is 5.91 Å². The van der Waals surface area contributed by atoms with Crippen LogP contribution in [-0.2, 0) is 0 Å². The number of amides is 3. The summed E-state index contributed by atoms with van der Waals surface area (Å²) in [6, 6.07) is 11.3. The Labute approximate surface area is 189 Å². The number of hydrogen-bond acceptors (Lipinski definition) is 3. The van der Waals surface area contributed by atoms with Crippen molar-refractivity contribution in [2.75, 3.05) is 5.32 Å². The molecule has 0 saturated heterocycles. The molecule has 0 unspecified atom stereocenters. The molecular formula is C23H19Cl2FN2O3. The fraction of sp³-hybridized carbons (Fsp3) is 0.130. The minimum absolute atomic E-state index is 0.217. The zero-order valence-corrected chi connectivity index (χ0v) is 18.5. The Hall–Kier alpha value is -3.09. The molecule has 8 heteroatoms. The van der Waals surface area contributed by atoms with Crippen molar-refractivity contribution in [3.05, 3.63) is 86.6 Å². The maximum atomic E-state index is 13.7. The summed E-state index contributed by atoms with van der Waals surface area (Å²) in [6.45, 7) is 5.47. The largest absolute Gasteiger partial charge is 0.455 e. The summed E-state index contributed by atoms with van der Waals surface area (Å²) < 4.78 is 19.7. The third-order valence-corrected chi connectivity index (χ3v) is 5.26. The fourth-order valence-corrected chi connectivity index (χ4v) is 3.43. The molecule has 3 amide bonds. The first-order chi connectivity index (χ1) is 14.7. The molecule has 3 aromatic rings. The summed E-state index contributed by atoms with van der Waals surface area (Å²) in [7, 11) is 0. The lowest BCUT2D eigenvalue weighted by Gasteiger charge is -2.18. The van der Waals surface area contributed by atoms with E-state index in [4.69, 9.17) is 27.9 Å². The highest BCUT2D eigenvalue weighted by Gasteiger charge is 2.18. The molecule has 31 heavy (non-hydrogen) atoms. The molecule has 0 fully saturated rings. The zero-order valence-electron chi connectivity index (χ0n) is 17.0. The maximum absolute atomic E-state index is 13.7. The van der Waals surface area contributed by atoms with E-state index in [-0.39, 0.29) is 5.56 Å². The topological polar surface area (TPSA) is 67.4 Å². The highest BCUT2D eigenvalue weighted by atomic mass is 35.5. The van der Waals surface area contributed by atoms with E-state index in [1.54, 1.807) is 31.2 Å². The van der Waals surface area contributed by atoms with Gasteiger partial charge in [-0.05, 0) is 73.9 Å². The molecule has 0 aliphatic carbocycles. The quantitative estimate of drug-likeness (QED) is 0.449. The normalized spacial score (nSPS) is 10.5. The van der Waals surface area contributed by atoms with Crippen molar-refractivity contribution in [3.63, 3.8) is 0 Å². The van der Waals surface area contributed by atoms with Crippen molar-refractivity contribution >= 4 is 40.8 Å². The van der Waals surface area contributed by atoms with Crippen LogP contribution in [0.5, 0.6) is 11.5 Å². The Kier molecular flexibility index (Phi) is 6.83. The molecule has 3 rings (SSSR count). The first-order valence-corrected chi connectivity index (χ1v) is 10.0. The second-order valence-electron chi connectivity index (χ2n) is 6.89. The van der Waals surface area contributed by atoms with Crippen LogP contribution in [0, 0.1) is 26.6 Å². The number of ether oxygens (including phenoxy) is 1. The second-order valence-corrected chi connectivity index (χ2v) is 7.73. The number of carbonyl (C=O) groups excluding carboxylic acids is 2. The average Bonchev–Trinajstić information content (AvgIpc) is 2.70. The van der Waals surface area contributed by atoms with E-state index >= 15 is 0 Å². The Morgan fingerprint density at radius 3 is 2.35 bits per heavy atom. The molecule has 0 saturated carbocycles. The Bertz CT molecular complexity index is 1180. The standard InChI is InChI=1S/C23H19Cl2FN2O3/c1-12-10-19(27-23(30)28-22(29)16-6-4-5-7-18(16)26)13(2)14(3)21(12)31-20-9-8-15(24)11-17(20)25/h4-11H,1-3H3,(H2,27,28,29,30). The summed E-state index contributed by atoms with van der Waals surface area (Å²) in [6.07, 6.45) is 0. The smallest absolute Gasteiger partial charge is 0.326 e. The van der Waals surface area contributed by atoms with Gasteiger partial charge in [0.1, 0.15) is 17.3 Å². The van der Waals surface area contributed by atoms with Gasteiger partial charge in [-0.1, -0.05) is 35.3 Å². The van der Waals surface area contributed by atoms with Gasteiger partial charge >= 0.3 is 6.03 Å². The van der Waals surface area contributed by atoms with Crippen molar-refractivity contribution in [2.24, 2.45) is 0 Å². The molecule has 0 aliphatic rings. The highest BCUT2D eigenvalue weighted by molar-refractivity contribution is 6.35. The van der Waals surface area contributed by atoms with Crippen LogP contribution in [0.2, 0.25) is 10.0 Å². The molecule has 5 nitrogen and oxygen atoms in total. The molecule has 0 aliphatic heterocycles. The third-order valence-electron chi connectivity index (χ3n) is 4.73.